The molecular formula is C12H22N2. The first-order valence-corrected chi connectivity index (χ1v) is 5.95. The highest BCUT2D eigenvalue weighted by Crippen LogP contribution is 2.26. The monoisotopic (exact) mass is 194 g/mol. The van der Waals surface area contributed by atoms with Crippen molar-refractivity contribution in [2.24, 2.45) is 0 Å². The standard InChI is InChI=1S/C12H22N2/c1-3-12(4-2,11-13)14-9-7-5-6-8-10-14/h3-10H2,1-2H3. The summed E-state index contributed by atoms with van der Waals surface area (Å²) < 4.78 is 0. The Bertz CT molecular complexity index is 193. The maximum Gasteiger partial charge on any atom is 0.108 e. The van der Waals surface area contributed by atoms with Gasteiger partial charge < -0.3 is 0 Å². The zero-order valence-corrected chi connectivity index (χ0v) is 9.55. The lowest BCUT2D eigenvalue weighted by Gasteiger charge is -2.36. The molecule has 0 spiro atoms. The van der Waals surface area contributed by atoms with E-state index in [1.165, 1.54) is 25.7 Å². The summed E-state index contributed by atoms with van der Waals surface area (Å²) in [6, 6.07) is 2.54. The van der Waals surface area contributed by atoms with Gasteiger partial charge >= 0.3 is 0 Å². The fraction of sp³-hybridized carbons (Fsp3) is 0.917. The minimum atomic E-state index is -0.176. The predicted octanol–water partition coefficient (Wildman–Crippen LogP) is 2.94. The van der Waals surface area contributed by atoms with Gasteiger partial charge in [0.2, 0.25) is 0 Å². The van der Waals surface area contributed by atoms with Gasteiger partial charge in [0.1, 0.15) is 5.54 Å². The summed E-state index contributed by atoms with van der Waals surface area (Å²) in [5.41, 5.74) is -0.176. The van der Waals surface area contributed by atoms with Crippen LogP contribution >= 0.6 is 0 Å². The van der Waals surface area contributed by atoms with Gasteiger partial charge in [-0.1, -0.05) is 26.7 Å². The fourth-order valence-electron chi connectivity index (χ4n) is 2.42. The molecule has 0 radical (unpaired) electrons. The van der Waals surface area contributed by atoms with E-state index < -0.39 is 0 Å². The number of likely N-dealkylation sites (tertiary alicyclic amines) is 1. The van der Waals surface area contributed by atoms with Crippen LogP contribution in [0, 0.1) is 11.3 Å². The molecule has 0 N–H and O–H groups in total. The van der Waals surface area contributed by atoms with E-state index in [-0.39, 0.29) is 5.54 Å². The molecule has 1 saturated heterocycles. The number of hydrogen-bond acceptors (Lipinski definition) is 2. The molecule has 0 aliphatic carbocycles. The van der Waals surface area contributed by atoms with Crippen LogP contribution < -0.4 is 0 Å². The summed E-state index contributed by atoms with van der Waals surface area (Å²) in [6.07, 6.45) is 7.13. The van der Waals surface area contributed by atoms with Crippen molar-refractivity contribution < 1.29 is 0 Å². The Morgan fingerprint density at radius 3 is 1.93 bits per heavy atom. The maximum absolute atomic E-state index is 9.33. The van der Waals surface area contributed by atoms with Crippen molar-refractivity contribution in [3.8, 4) is 6.07 Å². The average molecular weight is 194 g/mol. The van der Waals surface area contributed by atoms with Gasteiger partial charge in [0.05, 0.1) is 6.07 Å². The first-order chi connectivity index (χ1) is 6.79. The normalized spacial score (nSPS) is 20.1. The van der Waals surface area contributed by atoms with Crippen molar-refractivity contribution in [2.75, 3.05) is 13.1 Å². The van der Waals surface area contributed by atoms with Gasteiger partial charge in [-0.3, -0.25) is 4.90 Å². The largest absolute Gasteiger partial charge is 0.286 e. The van der Waals surface area contributed by atoms with E-state index in [2.05, 4.69) is 24.8 Å². The highest BCUT2D eigenvalue weighted by atomic mass is 15.2. The van der Waals surface area contributed by atoms with E-state index in [1.54, 1.807) is 0 Å². The summed E-state index contributed by atoms with van der Waals surface area (Å²) in [7, 11) is 0. The van der Waals surface area contributed by atoms with Gasteiger partial charge in [-0.25, -0.2) is 0 Å². The molecule has 0 bridgehead atoms. The van der Waals surface area contributed by atoms with Crippen molar-refractivity contribution in [2.45, 2.75) is 57.9 Å². The molecule has 1 fully saturated rings. The molecule has 0 aromatic carbocycles. The predicted molar refractivity (Wildman–Crippen MR) is 59.0 cm³/mol. The van der Waals surface area contributed by atoms with Crippen LogP contribution in [0.1, 0.15) is 52.4 Å². The molecule has 80 valence electrons. The lowest BCUT2D eigenvalue weighted by atomic mass is 9.92. The Balaban J connectivity index is 2.70. The van der Waals surface area contributed by atoms with E-state index in [0.717, 1.165) is 25.9 Å². The molecule has 1 aliphatic heterocycles. The summed E-state index contributed by atoms with van der Waals surface area (Å²) >= 11 is 0. The SMILES string of the molecule is CCC(C#N)(CC)N1CCCCCC1. The molecule has 1 aliphatic rings. The lowest BCUT2D eigenvalue weighted by Crippen LogP contribution is -2.47. The lowest BCUT2D eigenvalue weighted by molar-refractivity contribution is 0.132. The second kappa shape index (κ2) is 5.36. The quantitative estimate of drug-likeness (QED) is 0.690. The van der Waals surface area contributed by atoms with Gasteiger partial charge in [-0.2, -0.15) is 5.26 Å². The van der Waals surface area contributed by atoms with E-state index in [0.29, 0.717) is 0 Å². The first-order valence-electron chi connectivity index (χ1n) is 5.95. The second-order valence-electron chi connectivity index (χ2n) is 4.25. The van der Waals surface area contributed by atoms with Gasteiger partial charge in [-0.05, 0) is 38.8 Å². The molecule has 0 atom stereocenters. The van der Waals surface area contributed by atoms with Gasteiger partial charge in [0, 0.05) is 0 Å². The first kappa shape index (κ1) is 11.5. The summed E-state index contributed by atoms with van der Waals surface area (Å²) in [5, 5.41) is 9.33. The van der Waals surface area contributed by atoms with Crippen LogP contribution in [0.5, 0.6) is 0 Å². The summed E-state index contributed by atoms with van der Waals surface area (Å²) in [6.45, 7) is 6.51. The molecule has 2 nitrogen and oxygen atoms in total. The summed E-state index contributed by atoms with van der Waals surface area (Å²) in [5.74, 6) is 0. The smallest absolute Gasteiger partial charge is 0.108 e. The second-order valence-corrected chi connectivity index (χ2v) is 4.25. The minimum Gasteiger partial charge on any atom is -0.286 e. The Hall–Kier alpha value is -0.550. The highest BCUT2D eigenvalue weighted by Gasteiger charge is 2.33. The Kier molecular flexibility index (Phi) is 4.41. The van der Waals surface area contributed by atoms with Crippen LogP contribution in [0.4, 0.5) is 0 Å². The molecular weight excluding hydrogens is 172 g/mol. The zero-order valence-electron chi connectivity index (χ0n) is 9.55. The van der Waals surface area contributed by atoms with Crippen LogP contribution in [0.15, 0.2) is 0 Å². The molecule has 0 aromatic rings. The van der Waals surface area contributed by atoms with Gasteiger partial charge in [0.15, 0.2) is 0 Å². The Labute approximate surface area is 87.9 Å². The molecule has 2 heteroatoms. The zero-order chi connectivity index (χ0) is 10.4. The van der Waals surface area contributed by atoms with Crippen molar-refractivity contribution in [1.29, 1.82) is 5.26 Å². The van der Waals surface area contributed by atoms with Crippen LogP contribution in [-0.4, -0.2) is 23.5 Å². The van der Waals surface area contributed by atoms with Crippen molar-refractivity contribution in [1.82, 2.24) is 4.90 Å². The van der Waals surface area contributed by atoms with Gasteiger partial charge in [-0.15, -0.1) is 0 Å². The molecule has 0 amide bonds. The fourth-order valence-corrected chi connectivity index (χ4v) is 2.42. The maximum atomic E-state index is 9.33. The van der Waals surface area contributed by atoms with Crippen LogP contribution in [-0.2, 0) is 0 Å². The van der Waals surface area contributed by atoms with Crippen molar-refractivity contribution in [3.05, 3.63) is 0 Å². The highest BCUT2D eigenvalue weighted by molar-refractivity contribution is 5.07. The topological polar surface area (TPSA) is 27.0 Å². The van der Waals surface area contributed by atoms with Gasteiger partial charge in [0.25, 0.3) is 0 Å². The Morgan fingerprint density at radius 1 is 1.07 bits per heavy atom. The number of nitrogens with zero attached hydrogens (tertiary/aromatic N) is 2. The third-order valence-corrected chi connectivity index (χ3v) is 3.59. The third-order valence-electron chi connectivity index (χ3n) is 3.59. The molecule has 1 heterocycles. The van der Waals surface area contributed by atoms with E-state index in [9.17, 15) is 5.26 Å². The molecule has 14 heavy (non-hydrogen) atoms. The molecule has 0 aromatic heterocycles. The van der Waals surface area contributed by atoms with Crippen LogP contribution in [0.3, 0.4) is 0 Å². The Morgan fingerprint density at radius 2 is 1.57 bits per heavy atom. The number of nitriles is 1. The van der Waals surface area contributed by atoms with Crippen molar-refractivity contribution >= 4 is 0 Å². The molecule has 1 rings (SSSR count). The molecule has 0 saturated carbocycles. The number of rotatable bonds is 3. The molecule has 0 unspecified atom stereocenters. The average Bonchev–Trinajstić information content (AvgIpc) is 2.51. The van der Waals surface area contributed by atoms with E-state index in [4.69, 9.17) is 0 Å². The van der Waals surface area contributed by atoms with E-state index >= 15 is 0 Å². The summed E-state index contributed by atoms with van der Waals surface area (Å²) in [4.78, 5) is 2.42. The van der Waals surface area contributed by atoms with Crippen molar-refractivity contribution in [3.63, 3.8) is 0 Å². The number of hydrogen-bond donors (Lipinski definition) is 0. The van der Waals surface area contributed by atoms with Crippen LogP contribution in [0.25, 0.3) is 0 Å². The van der Waals surface area contributed by atoms with E-state index in [1.807, 2.05) is 0 Å². The minimum absolute atomic E-state index is 0.176. The third kappa shape index (κ3) is 2.27. The van der Waals surface area contributed by atoms with Crippen LogP contribution in [0.2, 0.25) is 0 Å².